The second kappa shape index (κ2) is 8.47. The smallest absolute Gasteiger partial charge is 0.260 e. The van der Waals surface area contributed by atoms with Gasteiger partial charge in [-0.15, -0.1) is 0 Å². The zero-order chi connectivity index (χ0) is 20.2. The van der Waals surface area contributed by atoms with Gasteiger partial charge in [-0.05, 0) is 49.9 Å². The van der Waals surface area contributed by atoms with E-state index in [0.717, 1.165) is 25.1 Å². The molecule has 0 saturated carbocycles. The highest BCUT2D eigenvalue weighted by molar-refractivity contribution is 5.78. The van der Waals surface area contributed by atoms with Crippen molar-refractivity contribution in [3.63, 3.8) is 0 Å². The number of likely N-dealkylation sites (tertiary alicyclic amines) is 1. The minimum atomic E-state index is 0.00635. The van der Waals surface area contributed by atoms with Crippen molar-refractivity contribution in [2.75, 3.05) is 19.7 Å². The topological polar surface area (TPSA) is 68.5 Å². The van der Waals surface area contributed by atoms with Crippen LogP contribution in [0, 0.1) is 12.8 Å². The number of piperidine rings is 1. The molecular formula is C23H25N3O3. The molecule has 29 heavy (non-hydrogen) atoms. The predicted octanol–water partition coefficient (Wildman–Crippen LogP) is 4.35. The number of aromatic nitrogens is 2. The van der Waals surface area contributed by atoms with Gasteiger partial charge in [0.2, 0.25) is 5.82 Å². The number of hydrogen-bond acceptors (Lipinski definition) is 5. The van der Waals surface area contributed by atoms with Crippen molar-refractivity contribution in [2.24, 2.45) is 5.92 Å². The highest BCUT2D eigenvalue weighted by Gasteiger charge is 2.22. The number of carbonyl (C=O) groups is 1. The first kappa shape index (κ1) is 19.2. The van der Waals surface area contributed by atoms with Crippen LogP contribution in [0.25, 0.3) is 22.8 Å². The van der Waals surface area contributed by atoms with Gasteiger partial charge in [0.1, 0.15) is 5.75 Å². The Morgan fingerprint density at radius 1 is 1.21 bits per heavy atom. The molecule has 1 saturated heterocycles. The minimum Gasteiger partial charge on any atom is -0.483 e. The van der Waals surface area contributed by atoms with Crippen LogP contribution in [0.1, 0.15) is 25.3 Å². The number of hydrogen-bond donors (Lipinski definition) is 0. The lowest BCUT2D eigenvalue weighted by molar-refractivity contribution is -0.135. The van der Waals surface area contributed by atoms with Crippen LogP contribution in [0.4, 0.5) is 0 Å². The van der Waals surface area contributed by atoms with Crippen molar-refractivity contribution in [1.82, 2.24) is 15.0 Å². The number of rotatable bonds is 5. The van der Waals surface area contributed by atoms with E-state index in [1.807, 2.05) is 60.4 Å². The number of benzene rings is 2. The van der Waals surface area contributed by atoms with Crippen molar-refractivity contribution in [2.45, 2.75) is 26.7 Å². The van der Waals surface area contributed by atoms with Crippen LogP contribution in [0.3, 0.4) is 0 Å². The average molecular weight is 391 g/mol. The Morgan fingerprint density at radius 2 is 2.00 bits per heavy atom. The Labute approximate surface area is 170 Å². The average Bonchev–Trinajstić information content (AvgIpc) is 3.23. The maximum Gasteiger partial charge on any atom is 0.260 e. The molecule has 3 aromatic rings. The predicted molar refractivity (Wildman–Crippen MR) is 110 cm³/mol. The Morgan fingerprint density at radius 3 is 2.79 bits per heavy atom. The molecule has 6 heteroatoms. The van der Waals surface area contributed by atoms with E-state index in [1.54, 1.807) is 0 Å². The fourth-order valence-electron chi connectivity index (χ4n) is 3.57. The van der Waals surface area contributed by atoms with E-state index in [4.69, 9.17) is 9.26 Å². The lowest BCUT2D eigenvalue weighted by Crippen LogP contribution is -2.41. The fourth-order valence-corrected chi connectivity index (χ4v) is 3.57. The van der Waals surface area contributed by atoms with E-state index in [9.17, 15) is 4.79 Å². The first-order valence-corrected chi connectivity index (χ1v) is 10.0. The van der Waals surface area contributed by atoms with Crippen LogP contribution >= 0.6 is 0 Å². The van der Waals surface area contributed by atoms with Crippen molar-refractivity contribution < 1.29 is 14.1 Å². The molecule has 1 amide bonds. The summed E-state index contributed by atoms with van der Waals surface area (Å²) in [5.74, 6) is 2.02. The van der Waals surface area contributed by atoms with Crippen LogP contribution in [-0.4, -0.2) is 40.6 Å². The summed E-state index contributed by atoms with van der Waals surface area (Å²) in [6.07, 6.45) is 2.22. The van der Waals surface area contributed by atoms with Gasteiger partial charge >= 0.3 is 0 Å². The number of aryl methyl sites for hydroxylation is 1. The van der Waals surface area contributed by atoms with Crippen LogP contribution in [-0.2, 0) is 4.79 Å². The molecule has 2 heterocycles. The maximum atomic E-state index is 12.5. The van der Waals surface area contributed by atoms with E-state index < -0.39 is 0 Å². The van der Waals surface area contributed by atoms with E-state index in [0.29, 0.717) is 28.9 Å². The molecule has 1 aromatic heterocycles. The van der Waals surface area contributed by atoms with Gasteiger partial charge in [-0.25, -0.2) is 0 Å². The van der Waals surface area contributed by atoms with E-state index >= 15 is 0 Å². The monoisotopic (exact) mass is 391 g/mol. The maximum absolute atomic E-state index is 12.5. The molecule has 1 atom stereocenters. The molecule has 0 radical (unpaired) electrons. The summed E-state index contributed by atoms with van der Waals surface area (Å²) >= 11 is 0. The lowest BCUT2D eigenvalue weighted by atomic mass is 10.0. The number of ether oxygens (including phenoxy) is 1. The van der Waals surface area contributed by atoms with Crippen molar-refractivity contribution in [3.8, 4) is 28.6 Å². The number of amides is 1. The van der Waals surface area contributed by atoms with Crippen LogP contribution < -0.4 is 4.74 Å². The zero-order valence-corrected chi connectivity index (χ0v) is 16.8. The third-order valence-electron chi connectivity index (χ3n) is 5.21. The number of nitrogens with zero attached hydrogens (tertiary/aromatic N) is 3. The summed E-state index contributed by atoms with van der Waals surface area (Å²) in [4.78, 5) is 18.9. The van der Waals surface area contributed by atoms with Crippen molar-refractivity contribution >= 4 is 5.91 Å². The second-order valence-corrected chi connectivity index (χ2v) is 7.66. The molecule has 1 fully saturated rings. The molecule has 4 rings (SSSR count). The normalized spacial score (nSPS) is 16.6. The quantitative estimate of drug-likeness (QED) is 0.647. The van der Waals surface area contributed by atoms with Gasteiger partial charge in [0.15, 0.2) is 6.61 Å². The Balaban J connectivity index is 1.48. The molecule has 0 spiro atoms. The van der Waals surface area contributed by atoms with Gasteiger partial charge in [0.05, 0.1) is 5.56 Å². The first-order valence-electron chi connectivity index (χ1n) is 10.0. The summed E-state index contributed by atoms with van der Waals surface area (Å²) in [7, 11) is 0. The standard InChI is InChI=1S/C23H25N3O3/c1-16-9-11-18(12-10-16)23-24-22(25-29-23)19-7-3-4-8-20(19)28-15-21(27)26-13-5-6-17(2)14-26/h3-4,7-12,17H,5-6,13-15H2,1-2H3/t17-/m0/s1. The van der Waals surface area contributed by atoms with E-state index in [-0.39, 0.29) is 12.5 Å². The summed E-state index contributed by atoms with van der Waals surface area (Å²) in [5.41, 5.74) is 2.73. The molecule has 1 aliphatic heterocycles. The van der Waals surface area contributed by atoms with Crippen LogP contribution in [0.2, 0.25) is 0 Å². The molecule has 2 aromatic carbocycles. The number of carbonyl (C=O) groups excluding carboxylic acids is 1. The summed E-state index contributed by atoms with van der Waals surface area (Å²) in [5, 5.41) is 4.11. The van der Waals surface area contributed by atoms with Gasteiger partial charge in [-0.3, -0.25) is 4.79 Å². The van der Waals surface area contributed by atoms with Crippen LogP contribution in [0.15, 0.2) is 53.1 Å². The molecule has 0 bridgehead atoms. The minimum absolute atomic E-state index is 0.00635. The molecule has 150 valence electrons. The Bertz CT molecular complexity index is 981. The summed E-state index contributed by atoms with van der Waals surface area (Å²) in [6, 6.07) is 15.4. The Kier molecular flexibility index (Phi) is 5.60. The Hall–Kier alpha value is -3.15. The highest BCUT2D eigenvalue weighted by atomic mass is 16.5. The third kappa shape index (κ3) is 4.47. The van der Waals surface area contributed by atoms with Gasteiger partial charge in [0, 0.05) is 18.7 Å². The highest BCUT2D eigenvalue weighted by Crippen LogP contribution is 2.29. The van der Waals surface area contributed by atoms with Gasteiger partial charge < -0.3 is 14.2 Å². The van der Waals surface area contributed by atoms with Crippen LogP contribution in [0.5, 0.6) is 5.75 Å². The zero-order valence-electron chi connectivity index (χ0n) is 16.8. The summed E-state index contributed by atoms with van der Waals surface area (Å²) < 4.78 is 11.3. The summed E-state index contributed by atoms with van der Waals surface area (Å²) in [6.45, 7) is 5.82. The molecule has 0 aliphatic carbocycles. The molecular weight excluding hydrogens is 366 g/mol. The van der Waals surface area contributed by atoms with E-state index in [1.165, 1.54) is 12.0 Å². The van der Waals surface area contributed by atoms with Gasteiger partial charge in [-0.1, -0.05) is 41.9 Å². The van der Waals surface area contributed by atoms with Gasteiger partial charge in [0.25, 0.3) is 11.8 Å². The molecule has 0 unspecified atom stereocenters. The molecule has 6 nitrogen and oxygen atoms in total. The largest absolute Gasteiger partial charge is 0.483 e. The van der Waals surface area contributed by atoms with Crippen molar-refractivity contribution in [1.29, 1.82) is 0 Å². The second-order valence-electron chi connectivity index (χ2n) is 7.66. The lowest BCUT2D eigenvalue weighted by Gasteiger charge is -2.30. The van der Waals surface area contributed by atoms with Crippen molar-refractivity contribution in [3.05, 3.63) is 54.1 Å². The third-order valence-corrected chi connectivity index (χ3v) is 5.21. The molecule has 0 N–H and O–H groups in total. The van der Waals surface area contributed by atoms with Gasteiger partial charge in [-0.2, -0.15) is 4.98 Å². The molecule has 1 aliphatic rings. The number of para-hydroxylation sites is 1. The SMILES string of the molecule is Cc1ccc(-c2nc(-c3ccccc3OCC(=O)N3CCC[C@H](C)C3)no2)cc1. The van der Waals surface area contributed by atoms with E-state index in [2.05, 4.69) is 17.1 Å². The fraction of sp³-hybridized carbons (Fsp3) is 0.348. The first-order chi connectivity index (χ1) is 14.1.